The molecule has 2 N–H and O–H groups in total. The highest BCUT2D eigenvalue weighted by Crippen LogP contribution is 2.18. The number of aliphatic hydroxyl groups excluding tert-OH is 1. The third-order valence-electron chi connectivity index (χ3n) is 3.78. The molecule has 1 heterocycles. The van der Waals surface area contributed by atoms with Gasteiger partial charge in [0.15, 0.2) is 0 Å². The first-order valence-electron chi connectivity index (χ1n) is 7.26. The van der Waals surface area contributed by atoms with Crippen molar-refractivity contribution >= 4 is 27.7 Å². The summed E-state index contributed by atoms with van der Waals surface area (Å²) >= 11 is 1.58. The minimum atomic E-state index is -3.41. The van der Waals surface area contributed by atoms with E-state index >= 15 is 0 Å². The van der Waals surface area contributed by atoms with Crippen molar-refractivity contribution in [2.75, 3.05) is 30.9 Å². The summed E-state index contributed by atoms with van der Waals surface area (Å²) in [5.41, 5.74) is 0. The highest BCUT2D eigenvalue weighted by Gasteiger charge is 2.32. The summed E-state index contributed by atoms with van der Waals surface area (Å²) in [7, 11) is -3.41. The van der Waals surface area contributed by atoms with E-state index in [2.05, 4.69) is 4.72 Å². The van der Waals surface area contributed by atoms with Crippen LogP contribution in [-0.2, 0) is 14.8 Å². The molecular formula is C13H26N2O4S2. The van der Waals surface area contributed by atoms with Crippen LogP contribution in [0.2, 0.25) is 0 Å². The molecule has 0 aliphatic carbocycles. The third-order valence-corrected chi connectivity index (χ3v) is 5.83. The summed E-state index contributed by atoms with van der Waals surface area (Å²) in [6.45, 7) is 4.41. The number of carbonyl (C=O) groups excluding carboxylic acids is 1. The van der Waals surface area contributed by atoms with Crippen LogP contribution in [0.5, 0.6) is 0 Å². The Hall–Kier alpha value is -0.310. The second-order valence-electron chi connectivity index (χ2n) is 5.47. The second kappa shape index (κ2) is 8.36. The Labute approximate surface area is 131 Å². The molecule has 6 nitrogen and oxygen atoms in total. The molecule has 1 rings (SSSR count). The standard InChI is InChI=1S/C13H26N2O4S2/c1-4-21(18,19)14-11(6-8-20-3)13(17)15-7-5-12(16)10(2)9-15/h10-12,14,16H,4-9H2,1-3H3. The first-order valence-corrected chi connectivity index (χ1v) is 10.3. The highest BCUT2D eigenvalue weighted by molar-refractivity contribution is 7.98. The van der Waals surface area contributed by atoms with Crippen LogP contribution in [0.4, 0.5) is 0 Å². The van der Waals surface area contributed by atoms with Gasteiger partial charge in [-0.1, -0.05) is 6.92 Å². The molecule has 0 spiro atoms. The van der Waals surface area contributed by atoms with E-state index in [0.29, 0.717) is 31.7 Å². The van der Waals surface area contributed by atoms with E-state index in [-0.39, 0.29) is 23.7 Å². The summed E-state index contributed by atoms with van der Waals surface area (Å²) in [4.78, 5) is 14.2. The summed E-state index contributed by atoms with van der Waals surface area (Å²) in [5, 5.41) is 9.73. The zero-order chi connectivity index (χ0) is 16.0. The normalized spacial score (nSPS) is 24.9. The van der Waals surface area contributed by atoms with Crippen molar-refractivity contribution in [3.63, 3.8) is 0 Å². The van der Waals surface area contributed by atoms with Gasteiger partial charge in [-0.2, -0.15) is 11.8 Å². The smallest absolute Gasteiger partial charge is 0.240 e. The van der Waals surface area contributed by atoms with Gasteiger partial charge in [0.25, 0.3) is 0 Å². The van der Waals surface area contributed by atoms with Gasteiger partial charge in [-0.25, -0.2) is 13.1 Å². The Morgan fingerprint density at radius 1 is 1.52 bits per heavy atom. The number of hydrogen-bond acceptors (Lipinski definition) is 5. The second-order valence-corrected chi connectivity index (χ2v) is 8.50. The average Bonchev–Trinajstić information content (AvgIpc) is 2.45. The number of carbonyl (C=O) groups is 1. The Morgan fingerprint density at radius 3 is 2.71 bits per heavy atom. The molecule has 8 heteroatoms. The molecule has 0 aromatic rings. The highest BCUT2D eigenvalue weighted by atomic mass is 32.2. The lowest BCUT2D eigenvalue weighted by atomic mass is 9.96. The SMILES string of the molecule is CCS(=O)(=O)NC(CCSC)C(=O)N1CCC(O)C(C)C1. The molecule has 0 aromatic carbocycles. The number of thioether (sulfide) groups is 1. The topological polar surface area (TPSA) is 86.7 Å². The van der Waals surface area contributed by atoms with E-state index in [0.717, 1.165) is 0 Å². The molecule has 3 atom stereocenters. The lowest BCUT2D eigenvalue weighted by Crippen LogP contribution is -2.53. The molecular weight excluding hydrogens is 312 g/mol. The van der Waals surface area contributed by atoms with Crippen molar-refractivity contribution in [3.8, 4) is 0 Å². The first-order chi connectivity index (χ1) is 9.80. The predicted octanol–water partition coefficient (Wildman–Crippen LogP) is 0.277. The van der Waals surface area contributed by atoms with Crippen LogP contribution in [0.3, 0.4) is 0 Å². The number of piperidine rings is 1. The Kier molecular flexibility index (Phi) is 7.46. The van der Waals surface area contributed by atoms with Crippen LogP contribution in [0.1, 0.15) is 26.7 Å². The van der Waals surface area contributed by atoms with Crippen molar-refractivity contribution in [3.05, 3.63) is 0 Å². The fraction of sp³-hybridized carbons (Fsp3) is 0.923. The summed E-state index contributed by atoms with van der Waals surface area (Å²) < 4.78 is 26.0. The van der Waals surface area contributed by atoms with Crippen molar-refractivity contribution in [2.24, 2.45) is 5.92 Å². The van der Waals surface area contributed by atoms with Crippen molar-refractivity contribution in [1.82, 2.24) is 9.62 Å². The molecule has 3 unspecified atom stereocenters. The van der Waals surface area contributed by atoms with Gasteiger partial charge in [-0.05, 0) is 37.7 Å². The fourth-order valence-corrected chi connectivity index (χ4v) is 3.61. The van der Waals surface area contributed by atoms with Crippen LogP contribution in [0, 0.1) is 5.92 Å². The average molecular weight is 338 g/mol. The molecule has 0 saturated carbocycles. The summed E-state index contributed by atoms with van der Waals surface area (Å²) in [6.07, 6.45) is 2.57. The van der Waals surface area contributed by atoms with Gasteiger partial charge in [0.1, 0.15) is 6.04 Å². The largest absolute Gasteiger partial charge is 0.393 e. The molecule has 1 saturated heterocycles. The van der Waals surface area contributed by atoms with Gasteiger partial charge in [0.2, 0.25) is 15.9 Å². The van der Waals surface area contributed by atoms with Gasteiger partial charge in [0.05, 0.1) is 11.9 Å². The van der Waals surface area contributed by atoms with E-state index in [9.17, 15) is 18.3 Å². The summed E-state index contributed by atoms with van der Waals surface area (Å²) in [5.74, 6) is 0.520. The molecule has 1 aliphatic rings. The first kappa shape index (κ1) is 18.7. The van der Waals surface area contributed by atoms with E-state index in [1.54, 1.807) is 23.6 Å². The number of aliphatic hydroxyl groups is 1. The maximum absolute atomic E-state index is 12.6. The number of rotatable bonds is 7. The zero-order valence-corrected chi connectivity index (χ0v) is 14.5. The minimum Gasteiger partial charge on any atom is -0.393 e. The van der Waals surface area contributed by atoms with E-state index in [1.807, 2.05) is 13.2 Å². The van der Waals surface area contributed by atoms with Gasteiger partial charge >= 0.3 is 0 Å². The van der Waals surface area contributed by atoms with E-state index in [4.69, 9.17) is 0 Å². The van der Waals surface area contributed by atoms with Crippen LogP contribution < -0.4 is 4.72 Å². The monoisotopic (exact) mass is 338 g/mol. The minimum absolute atomic E-state index is 0.0201. The molecule has 124 valence electrons. The van der Waals surface area contributed by atoms with Crippen molar-refractivity contribution in [2.45, 2.75) is 38.8 Å². The number of sulfonamides is 1. The number of amides is 1. The number of nitrogens with zero attached hydrogens (tertiary/aromatic N) is 1. The Morgan fingerprint density at radius 2 is 2.19 bits per heavy atom. The Bertz CT molecular complexity index is 441. The molecule has 0 radical (unpaired) electrons. The fourth-order valence-electron chi connectivity index (χ4n) is 2.32. The number of likely N-dealkylation sites (tertiary alicyclic amines) is 1. The molecule has 1 fully saturated rings. The maximum Gasteiger partial charge on any atom is 0.240 e. The van der Waals surface area contributed by atoms with Gasteiger partial charge < -0.3 is 10.0 Å². The van der Waals surface area contributed by atoms with Crippen LogP contribution in [0.15, 0.2) is 0 Å². The molecule has 0 aromatic heterocycles. The van der Waals surface area contributed by atoms with Crippen LogP contribution in [-0.4, -0.2) is 67.3 Å². The van der Waals surface area contributed by atoms with E-state index in [1.165, 1.54) is 0 Å². The third kappa shape index (κ3) is 5.77. The molecule has 21 heavy (non-hydrogen) atoms. The van der Waals surface area contributed by atoms with Gasteiger partial charge in [-0.3, -0.25) is 4.79 Å². The zero-order valence-electron chi connectivity index (χ0n) is 12.9. The predicted molar refractivity (Wildman–Crippen MR) is 85.8 cm³/mol. The van der Waals surface area contributed by atoms with Crippen LogP contribution in [0.25, 0.3) is 0 Å². The van der Waals surface area contributed by atoms with Crippen LogP contribution >= 0.6 is 11.8 Å². The quantitative estimate of drug-likeness (QED) is 0.696. The number of nitrogens with one attached hydrogen (secondary N) is 1. The lowest BCUT2D eigenvalue weighted by molar-refractivity contribution is -0.136. The van der Waals surface area contributed by atoms with Crippen molar-refractivity contribution < 1.29 is 18.3 Å². The maximum atomic E-state index is 12.6. The lowest BCUT2D eigenvalue weighted by Gasteiger charge is -2.36. The van der Waals surface area contributed by atoms with E-state index < -0.39 is 16.1 Å². The van der Waals surface area contributed by atoms with Gasteiger partial charge in [0, 0.05) is 13.1 Å². The molecule has 1 amide bonds. The number of hydrogen-bond donors (Lipinski definition) is 2. The van der Waals surface area contributed by atoms with Gasteiger partial charge in [-0.15, -0.1) is 0 Å². The van der Waals surface area contributed by atoms with Crippen molar-refractivity contribution in [1.29, 1.82) is 0 Å². The molecule has 1 aliphatic heterocycles. The molecule has 0 bridgehead atoms. The summed E-state index contributed by atoms with van der Waals surface area (Å²) in [6, 6.07) is -0.704. The Balaban J connectivity index is 2.75.